The topological polar surface area (TPSA) is 9.23 Å². The maximum atomic E-state index is 13.7. The molecule has 1 aromatic rings. The highest BCUT2D eigenvalue weighted by atomic mass is 79.9. The van der Waals surface area contributed by atoms with Crippen LogP contribution in [0.3, 0.4) is 0 Å². The quantitative estimate of drug-likeness (QED) is 0.691. The van der Waals surface area contributed by atoms with E-state index in [4.69, 9.17) is 16.3 Å². The van der Waals surface area contributed by atoms with Crippen molar-refractivity contribution in [2.75, 3.05) is 0 Å². The van der Waals surface area contributed by atoms with E-state index in [1.165, 1.54) is 6.07 Å². The van der Waals surface area contributed by atoms with Crippen molar-refractivity contribution < 1.29 is 9.13 Å². The summed E-state index contributed by atoms with van der Waals surface area (Å²) in [6.45, 7) is 4.23. The van der Waals surface area contributed by atoms with Crippen LogP contribution < -0.4 is 4.74 Å². The van der Waals surface area contributed by atoms with E-state index in [0.717, 1.165) is 19.3 Å². The Kier molecular flexibility index (Phi) is 4.22. The van der Waals surface area contributed by atoms with Crippen molar-refractivity contribution in [2.24, 2.45) is 5.41 Å². The molecule has 2 atom stereocenters. The van der Waals surface area contributed by atoms with Crippen molar-refractivity contribution in [2.45, 2.75) is 44.6 Å². The molecule has 1 saturated carbocycles. The Morgan fingerprint density at radius 1 is 1.44 bits per heavy atom. The van der Waals surface area contributed by atoms with Gasteiger partial charge in [-0.3, -0.25) is 0 Å². The highest BCUT2D eigenvalue weighted by Crippen LogP contribution is 2.52. The average Bonchev–Trinajstić information content (AvgIpc) is 2.33. The predicted molar refractivity (Wildman–Crippen MR) is 75.8 cm³/mol. The van der Waals surface area contributed by atoms with Crippen LogP contribution in [0.4, 0.5) is 4.39 Å². The third-order valence-electron chi connectivity index (χ3n) is 4.17. The number of alkyl halides is 1. The molecule has 0 radical (unpaired) electrons. The molecular weight excluding hydrogens is 319 g/mol. The normalized spacial score (nSPS) is 25.6. The fraction of sp³-hybridized carbons (Fsp3) is 0.571. The minimum Gasteiger partial charge on any atom is -0.487 e. The first-order valence-corrected chi connectivity index (χ1v) is 7.52. The lowest BCUT2D eigenvalue weighted by atomic mass is 9.62. The van der Waals surface area contributed by atoms with Gasteiger partial charge < -0.3 is 4.74 Å². The van der Waals surface area contributed by atoms with Gasteiger partial charge in [0, 0.05) is 21.7 Å². The van der Waals surface area contributed by atoms with E-state index >= 15 is 0 Å². The number of hydrogen-bond acceptors (Lipinski definition) is 1. The lowest BCUT2D eigenvalue weighted by molar-refractivity contribution is -0.0480. The summed E-state index contributed by atoms with van der Waals surface area (Å²) in [6, 6.07) is 4.87. The minimum atomic E-state index is -0.330. The summed E-state index contributed by atoms with van der Waals surface area (Å²) in [6.07, 6.45) is 2.73. The van der Waals surface area contributed by atoms with E-state index < -0.39 is 0 Å². The molecule has 1 fully saturated rings. The Labute approximate surface area is 121 Å². The van der Waals surface area contributed by atoms with Gasteiger partial charge in [-0.15, -0.1) is 11.6 Å². The zero-order valence-corrected chi connectivity index (χ0v) is 12.9. The third-order valence-corrected chi connectivity index (χ3v) is 5.27. The fourth-order valence-electron chi connectivity index (χ4n) is 2.74. The molecule has 1 aliphatic rings. The van der Waals surface area contributed by atoms with Gasteiger partial charge in [0.05, 0.1) is 0 Å². The highest BCUT2D eigenvalue weighted by Gasteiger charge is 2.53. The van der Waals surface area contributed by atoms with Crippen molar-refractivity contribution in [3.63, 3.8) is 0 Å². The van der Waals surface area contributed by atoms with Crippen LogP contribution in [-0.4, -0.2) is 11.5 Å². The van der Waals surface area contributed by atoms with Gasteiger partial charge >= 0.3 is 0 Å². The van der Waals surface area contributed by atoms with Crippen molar-refractivity contribution in [1.82, 2.24) is 0 Å². The molecular formula is C14H17BrClFO. The van der Waals surface area contributed by atoms with Gasteiger partial charge in [-0.2, -0.15) is 0 Å². The van der Waals surface area contributed by atoms with Gasteiger partial charge in [-0.05, 0) is 31.0 Å². The van der Waals surface area contributed by atoms with E-state index in [-0.39, 0.29) is 22.7 Å². The summed E-state index contributed by atoms with van der Waals surface area (Å²) in [7, 11) is 0. The maximum absolute atomic E-state index is 13.7. The Morgan fingerprint density at radius 3 is 2.61 bits per heavy atom. The molecule has 4 heteroatoms. The molecule has 0 N–H and O–H groups in total. The van der Waals surface area contributed by atoms with Gasteiger partial charge in [0.2, 0.25) is 0 Å². The molecule has 0 amide bonds. The van der Waals surface area contributed by atoms with Crippen LogP contribution in [0.25, 0.3) is 0 Å². The Bertz CT molecular complexity index is 434. The largest absolute Gasteiger partial charge is 0.487 e. The highest BCUT2D eigenvalue weighted by molar-refractivity contribution is 9.10. The van der Waals surface area contributed by atoms with Crippen LogP contribution in [-0.2, 0) is 0 Å². The molecule has 2 rings (SSSR count). The van der Waals surface area contributed by atoms with Gasteiger partial charge in [-0.25, -0.2) is 4.39 Å². The van der Waals surface area contributed by atoms with Crippen LogP contribution in [0.1, 0.15) is 33.1 Å². The van der Waals surface area contributed by atoms with E-state index in [0.29, 0.717) is 10.2 Å². The number of halogens is 3. The lowest BCUT2D eigenvalue weighted by Crippen LogP contribution is -2.56. The standard InChI is InChI=1S/C14H17BrClFO/c1-3-14(4-2)12(16)8-13(14)18-11-6-5-9(15)7-10(11)17/h5-7,12-13H,3-4,8H2,1-2H3. The molecule has 0 aliphatic heterocycles. The van der Waals surface area contributed by atoms with Crippen LogP contribution in [0.5, 0.6) is 5.75 Å². The van der Waals surface area contributed by atoms with Crippen molar-refractivity contribution >= 4 is 27.5 Å². The summed E-state index contributed by atoms with van der Waals surface area (Å²) in [5.41, 5.74) is -0.0128. The number of hydrogen-bond donors (Lipinski definition) is 0. The predicted octanol–water partition coefficient (Wildman–Crippen LogP) is 5.15. The zero-order chi connectivity index (χ0) is 13.3. The maximum Gasteiger partial charge on any atom is 0.166 e. The van der Waals surface area contributed by atoms with Gasteiger partial charge in [0.1, 0.15) is 6.10 Å². The van der Waals surface area contributed by atoms with Crippen LogP contribution in [0.2, 0.25) is 0 Å². The molecule has 0 aromatic heterocycles. The van der Waals surface area contributed by atoms with Crippen molar-refractivity contribution in [1.29, 1.82) is 0 Å². The van der Waals surface area contributed by atoms with Crippen LogP contribution in [0.15, 0.2) is 22.7 Å². The van der Waals surface area contributed by atoms with Crippen LogP contribution >= 0.6 is 27.5 Å². The smallest absolute Gasteiger partial charge is 0.166 e. The third kappa shape index (κ3) is 2.27. The molecule has 0 heterocycles. The summed E-state index contributed by atoms with van der Waals surface area (Å²) < 4.78 is 20.3. The second kappa shape index (κ2) is 5.38. The molecule has 100 valence electrons. The molecule has 0 saturated heterocycles. The summed E-state index contributed by atoms with van der Waals surface area (Å²) in [5, 5.41) is 0.135. The van der Waals surface area contributed by atoms with Crippen molar-refractivity contribution in [3.8, 4) is 5.75 Å². The molecule has 1 aliphatic carbocycles. The molecule has 1 nitrogen and oxygen atoms in total. The van der Waals surface area contributed by atoms with Gasteiger partial charge in [-0.1, -0.05) is 29.8 Å². The summed E-state index contributed by atoms with van der Waals surface area (Å²) >= 11 is 9.55. The molecule has 0 spiro atoms. The average molecular weight is 336 g/mol. The minimum absolute atomic E-state index is 0.0128. The van der Waals surface area contributed by atoms with Gasteiger partial charge in [0.25, 0.3) is 0 Å². The second-order valence-electron chi connectivity index (χ2n) is 4.82. The Balaban J connectivity index is 2.15. The number of rotatable bonds is 4. The van der Waals surface area contributed by atoms with Gasteiger partial charge in [0.15, 0.2) is 11.6 Å². The van der Waals surface area contributed by atoms with Crippen molar-refractivity contribution in [3.05, 3.63) is 28.5 Å². The molecule has 1 aromatic carbocycles. The van der Waals surface area contributed by atoms with E-state index in [1.807, 2.05) is 0 Å². The molecule has 18 heavy (non-hydrogen) atoms. The van der Waals surface area contributed by atoms with Crippen LogP contribution in [0, 0.1) is 11.2 Å². The zero-order valence-electron chi connectivity index (χ0n) is 10.6. The summed E-state index contributed by atoms with van der Waals surface area (Å²) in [4.78, 5) is 0. The lowest BCUT2D eigenvalue weighted by Gasteiger charge is -2.52. The Morgan fingerprint density at radius 2 is 2.11 bits per heavy atom. The van der Waals surface area contributed by atoms with E-state index in [2.05, 4.69) is 29.8 Å². The number of ether oxygens (including phenoxy) is 1. The first-order valence-electron chi connectivity index (χ1n) is 6.29. The first-order chi connectivity index (χ1) is 8.53. The van der Waals surface area contributed by atoms with E-state index in [1.54, 1.807) is 12.1 Å². The van der Waals surface area contributed by atoms with E-state index in [9.17, 15) is 4.39 Å². The second-order valence-corrected chi connectivity index (χ2v) is 6.27. The molecule has 2 unspecified atom stereocenters. The summed E-state index contributed by atoms with van der Waals surface area (Å²) in [5.74, 6) is -0.0125. The monoisotopic (exact) mass is 334 g/mol. The molecule has 0 bridgehead atoms. The Hall–Kier alpha value is -0.280. The first kappa shape index (κ1) is 14.1. The number of benzene rings is 1. The SMILES string of the molecule is CCC1(CC)C(Cl)CC1Oc1ccc(Br)cc1F. The fourth-order valence-corrected chi connectivity index (χ4v) is 3.68.